The molecule has 0 bridgehead atoms. The number of hydrogen-bond acceptors (Lipinski definition) is 8. The predicted molar refractivity (Wildman–Crippen MR) is 22.1 cm³/mol. The summed E-state index contributed by atoms with van der Waals surface area (Å²) in [7, 11) is -10.8. The molecule has 0 heterocycles. The van der Waals surface area contributed by atoms with Gasteiger partial charge >= 0.3 is 56.2 Å². The number of rotatable bonds is 0. The second-order valence-electron chi connectivity index (χ2n) is 0.894. The van der Waals surface area contributed by atoms with Gasteiger partial charge in [0.15, 0.2) is 0 Å². The van der Waals surface area contributed by atoms with E-state index < -0.39 is 15.6 Å². The van der Waals surface area contributed by atoms with E-state index in [4.69, 9.17) is 38.5 Å². The predicted octanol–water partition coefficient (Wildman–Crippen LogP) is -5.92. The topological polar surface area (TPSA) is 172 Å². The minimum atomic E-state index is -5.39. The van der Waals surface area contributed by atoms with Crippen molar-refractivity contribution in [2.75, 3.05) is 0 Å². The van der Waals surface area contributed by atoms with Gasteiger partial charge in [0.1, 0.15) is 0 Å². The summed E-state index contributed by atoms with van der Waals surface area (Å²) in [6.45, 7) is 0. The van der Waals surface area contributed by atoms with E-state index in [-0.39, 0.29) is 56.2 Å². The van der Waals surface area contributed by atoms with Crippen molar-refractivity contribution >= 4 is 53.4 Å². The maximum atomic E-state index is 8.55. The van der Waals surface area contributed by atoms with Crippen LogP contribution in [0.2, 0.25) is 0 Å². The Bertz CT molecular complexity index is 134. The molecule has 0 aliphatic rings. The van der Waals surface area contributed by atoms with Crippen molar-refractivity contribution in [3.05, 3.63) is 0 Å². The summed E-state index contributed by atoms with van der Waals surface area (Å²) in [6, 6.07) is 0. The molecule has 0 rings (SSSR count). The van der Waals surface area contributed by atoms with Gasteiger partial charge in [-0.05, 0) is 0 Å². The summed E-state index contributed by atoms with van der Waals surface area (Å²) in [5.74, 6) is 0. The summed E-state index contributed by atoms with van der Waals surface area (Å²) < 4.78 is 17.1. The molecule has 0 amide bonds. The molecule has 1 radical (unpaired) electrons. The molecule has 0 aromatic rings. The van der Waals surface area contributed by atoms with Crippen LogP contribution in [0.3, 0.4) is 0 Å². The van der Waals surface area contributed by atoms with Gasteiger partial charge in [-0.25, -0.2) is 0 Å². The summed E-state index contributed by atoms with van der Waals surface area (Å²) in [5, 5.41) is 0. The number of phosphoric acid groups is 2. The van der Waals surface area contributed by atoms with E-state index in [1.54, 1.807) is 0 Å². The third kappa shape index (κ3) is 363. The summed E-state index contributed by atoms with van der Waals surface area (Å²) in [6.07, 6.45) is 0. The zero-order valence-corrected chi connectivity index (χ0v) is 10.3. The molecule has 0 saturated heterocycles. The van der Waals surface area contributed by atoms with E-state index in [2.05, 4.69) is 0 Å². The molecule has 12 heteroatoms. The van der Waals surface area contributed by atoms with Crippen molar-refractivity contribution in [3.63, 3.8) is 0 Å². The van der Waals surface area contributed by atoms with E-state index in [1.165, 1.54) is 0 Å². The average molecular weight is 287 g/mol. The molecule has 0 N–H and O–H groups in total. The van der Waals surface area contributed by atoms with Crippen molar-refractivity contribution in [3.8, 4) is 0 Å². The van der Waals surface area contributed by atoms with Crippen LogP contribution in [0, 0.1) is 0 Å². The molecule has 0 saturated carbocycles. The summed E-state index contributed by atoms with van der Waals surface area (Å²) >= 11 is 0. The van der Waals surface area contributed by atoms with Crippen molar-refractivity contribution in [1.29, 1.82) is 0 Å². The third-order valence-electron chi connectivity index (χ3n) is 0. The molecule has 0 unspecified atom stereocenters. The minimum Gasteiger partial charge on any atom is -0.822 e. The fourth-order valence-electron chi connectivity index (χ4n) is 0. The Kier molecular flexibility index (Phi) is 18.8. The molecule has 0 aromatic carbocycles. The quantitative estimate of drug-likeness (QED) is 0.312. The van der Waals surface area contributed by atoms with Crippen molar-refractivity contribution in [1.82, 2.24) is 0 Å². The second kappa shape index (κ2) is 9.55. The number of hydrogen-bond donors (Lipinski definition) is 0. The van der Waals surface area contributed by atoms with Gasteiger partial charge < -0.3 is 38.5 Å². The van der Waals surface area contributed by atoms with Crippen LogP contribution >= 0.6 is 15.6 Å². The Hall–Kier alpha value is 2.00. The van der Waals surface area contributed by atoms with Gasteiger partial charge in [0.25, 0.3) is 0 Å². The second-order valence-corrected chi connectivity index (χ2v) is 2.68. The van der Waals surface area contributed by atoms with Crippen molar-refractivity contribution < 1.29 is 57.0 Å². The molecule has 0 aliphatic carbocycles. The fraction of sp³-hybridized carbons (Fsp3) is 0. The fourth-order valence-corrected chi connectivity index (χ4v) is 0. The zero-order chi connectivity index (χ0) is 9.00. The Morgan fingerprint density at radius 1 is 0.750 bits per heavy atom. The zero-order valence-electron chi connectivity index (χ0n) is 6.22. The molecule has 0 fully saturated rings. The van der Waals surface area contributed by atoms with Crippen molar-refractivity contribution in [2.24, 2.45) is 0 Å². The van der Waals surface area contributed by atoms with E-state index in [1.807, 2.05) is 0 Å². The summed E-state index contributed by atoms with van der Waals surface area (Å²) in [5.41, 5.74) is 0. The first-order valence-corrected chi connectivity index (χ1v) is 4.38. The first-order valence-electron chi connectivity index (χ1n) is 1.46. The van der Waals surface area contributed by atoms with Crippen LogP contribution in [0.4, 0.5) is 0 Å². The van der Waals surface area contributed by atoms with Crippen LogP contribution in [-0.4, -0.2) is 37.7 Å². The molecule has 0 aromatic heterocycles. The average Bonchev–Trinajstić information content (AvgIpc) is 1.12. The normalized spacial score (nSPS) is 9.83. The minimum absolute atomic E-state index is 0. The smallest absolute Gasteiger partial charge is 0.822 e. The molecular weight excluding hydrogens is 286 g/mol. The Labute approximate surface area is 109 Å². The first-order chi connectivity index (χ1) is 4.00. The molecule has 12 heavy (non-hydrogen) atoms. The van der Waals surface area contributed by atoms with Crippen LogP contribution in [0.15, 0.2) is 0 Å². The van der Waals surface area contributed by atoms with E-state index in [9.17, 15) is 0 Å². The van der Waals surface area contributed by atoms with Crippen molar-refractivity contribution in [2.45, 2.75) is 0 Å². The maximum absolute atomic E-state index is 8.55. The van der Waals surface area contributed by atoms with Gasteiger partial charge in [0.05, 0.1) is 0 Å². The molecule has 8 nitrogen and oxygen atoms in total. The van der Waals surface area contributed by atoms with Gasteiger partial charge in [-0.2, -0.15) is 15.6 Å². The molecule has 0 spiro atoms. The van der Waals surface area contributed by atoms with E-state index in [0.29, 0.717) is 0 Å². The molecule has 0 aliphatic heterocycles. The van der Waals surface area contributed by atoms with Gasteiger partial charge in [0, 0.05) is 0 Å². The Morgan fingerprint density at radius 2 is 0.750 bits per heavy atom. The van der Waals surface area contributed by atoms with Crippen LogP contribution < -0.4 is 29.4 Å². The molecular formula is HCaFeO8P2. The van der Waals surface area contributed by atoms with Gasteiger partial charge in [-0.3, -0.25) is 0 Å². The van der Waals surface area contributed by atoms with Crippen LogP contribution in [0.1, 0.15) is 1.43 Å². The Balaban J connectivity index is -0.0000000267. The third-order valence-corrected chi connectivity index (χ3v) is 0. The largest absolute Gasteiger partial charge is 3.00 e. The monoisotopic (exact) mass is 287 g/mol. The van der Waals surface area contributed by atoms with Gasteiger partial charge in [-0.1, -0.05) is 0 Å². The standard InChI is InChI=1S/Ca.Fe.2H3O4P/c;;2*1-5(2,3)4/h;;2*(H3,1,2,3,4)/q+2;+3;;/p-5. The van der Waals surface area contributed by atoms with Crippen LogP contribution in [-0.2, 0) is 26.2 Å². The van der Waals surface area contributed by atoms with E-state index in [0.717, 1.165) is 0 Å². The molecule has 69 valence electrons. The van der Waals surface area contributed by atoms with Crippen LogP contribution in [0.5, 0.6) is 0 Å². The van der Waals surface area contributed by atoms with E-state index >= 15 is 0 Å². The maximum Gasteiger partial charge on any atom is 3.00 e. The SMILES string of the molecule is O=P([O-])([O-])[O-].O=P([O-])([O-])[O-].[Ca+2].[Fe+3].[H+]. The van der Waals surface area contributed by atoms with Crippen LogP contribution in [0.25, 0.3) is 0 Å². The molecule has 0 atom stereocenters. The first kappa shape index (κ1) is 23.7. The summed E-state index contributed by atoms with van der Waals surface area (Å²) in [4.78, 5) is 51.3. The van der Waals surface area contributed by atoms with Gasteiger partial charge in [0.2, 0.25) is 0 Å². The van der Waals surface area contributed by atoms with Gasteiger partial charge in [-0.15, -0.1) is 0 Å². The Morgan fingerprint density at radius 3 is 0.750 bits per heavy atom.